The Morgan fingerprint density at radius 3 is 2.58 bits per heavy atom. The summed E-state index contributed by atoms with van der Waals surface area (Å²) in [5.74, 6) is 0.0411. The molecule has 0 bridgehead atoms. The molecule has 0 aromatic heterocycles. The van der Waals surface area contributed by atoms with Crippen molar-refractivity contribution in [2.45, 2.75) is 39.0 Å². The molecule has 0 aliphatic carbocycles. The molecule has 1 saturated heterocycles. The van der Waals surface area contributed by atoms with Gasteiger partial charge >= 0.3 is 0 Å². The molecule has 3 heteroatoms. The zero-order chi connectivity index (χ0) is 8.81. The molecule has 0 spiro atoms. The Morgan fingerprint density at radius 2 is 2.00 bits per heavy atom. The summed E-state index contributed by atoms with van der Waals surface area (Å²) in [7, 11) is 0. The molecule has 1 rings (SSSR count). The minimum atomic E-state index is 0.0411. The van der Waals surface area contributed by atoms with Gasteiger partial charge < -0.3 is 0 Å². The molecule has 1 radical (unpaired) electrons. The van der Waals surface area contributed by atoms with Gasteiger partial charge in [0.25, 0.3) is 5.91 Å². The van der Waals surface area contributed by atoms with Crippen molar-refractivity contribution in [3.05, 3.63) is 0 Å². The summed E-state index contributed by atoms with van der Waals surface area (Å²) in [5, 5.41) is 1.92. The van der Waals surface area contributed by atoms with Gasteiger partial charge in [0.05, 0.1) is 0 Å². The van der Waals surface area contributed by atoms with E-state index in [0.717, 1.165) is 19.5 Å². The van der Waals surface area contributed by atoms with Gasteiger partial charge in [-0.15, -0.1) is 0 Å². The van der Waals surface area contributed by atoms with Gasteiger partial charge in [-0.3, -0.25) is 4.79 Å². The third kappa shape index (κ3) is 3.22. The highest BCUT2D eigenvalue weighted by Crippen LogP contribution is 2.06. The number of amides is 1. The van der Waals surface area contributed by atoms with Crippen LogP contribution in [0.25, 0.3) is 0 Å². The first kappa shape index (κ1) is 9.52. The average Bonchev–Trinajstić information content (AvgIpc) is 2.06. The average molecular weight is 169 g/mol. The monoisotopic (exact) mass is 169 g/mol. The Kier molecular flexibility index (Phi) is 4.08. The van der Waals surface area contributed by atoms with Gasteiger partial charge in [0, 0.05) is 19.5 Å². The van der Waals surface area contributed by atoms with Crippen molar-refractivity contribution in [2.75, 3.05) is 13.1 Å². The zero-order valence-electron chi connectivity index (χ0n) is 7.75. The molecule has 3 nitrogen and oxygen atoms in total. The Morgan fingerprint density at radius 1 is 1.33 bits per heavy atom. The highest BCUT2D eigenvalue weighted by Gasteiger charge is 2.13. The fourth-order valence-corrected chi connectivity index (χ4v) is 1.40. The molecule has 1 heterocycles. The van der Waals surface area contributed by atoms with Crippen LogP contribution in [0.1, 0.15) is 39.0 Å². The third-order valence-electron chi connectivity index (χ3n) is 2.05. The van der Waals surface area contributed by atoms with Crippen molar-refractivity contribution in [2.24, 2.45) is 0 Å². The molecule has 0 saturated carbocycles. The third-order valence-corrected chi connectivity index (χ3v) is 2.05. The van der Waals surface area contributed by atoms with E-state index in [1.807, 2.05) is 11.9 Å². The topological polar surface area (TPSA) is 34.4 Å². The number of carbonyl (C=O) groups excluding carboxylic acids is 1. The van der Waals surface area contributed by atoms with E-state index in [1.165, 1.54) is 19.3 Å². The number of piperidine rings is 1. The Balaban J connectivity index is 2.15. The van der Waals surface area contributed by atoms with Gasteiger partial charge in [-0.25, -0.2) is 0 Å². The summed E-state index contributed by atoms with van der Waals surface area (Å²) in [6.07, 6.45) is 5.15. The second-order valence-corrected chi connectivity index (χ2v) is 3.26. The maximum atomic E-state index is 11.1. The van der Waals surface area contributed by atoms with E-state index in [0.29, 0.717) is 6.42 Å². The minimum Gasteiger partial charge on any atom is -0.271 e. The molecular weight excluding hydrogens is 152 g/mol. The SMILES string of the molecule is CCCC(=O)[N]N1CCCCC1. The summed E-state index contributed by atoms with van der Waals surface area (Å²) < 4.78 is 0. The van der Waals surface area contributed by atoms with E-state index in [9.17, 15) is 4.79 Å². The summed E-state index contributed by atoms with van der Waals surface area (Å²) in [6.45, 7) is 3.94. The van der Waals surface area contributed by atoms with Gasteiger partial charge in [-0.05, 0) is 19.3 Å². The second kappa shape index (κ2) is 5.14. The lowest BCUT2D eigenvalue weighted by atomic mass is 10.2. The van der Waals surface area contributed by atoms with Gasteiger partial charge in [0.15, 0.2) is 0 Å². The first-order valence-corrected chi connectivity index (χ1v) is 4.82. The Bertz CT molecular complexity index is 141. The van der Waals surface area contributed by atoms with Crippen LogP contribution >= 0.6 is 0 Å². The van der Waals surface area contributed by atoms with Crippen LogP contribution in [0.15, 0.2) is 0 Å². The highest BCUT2D eigenvalue weighted by atomic mass is 16.2. The van der Waals surface area contributed by atoms with E-state index < -0.39 is 0 Å². The summed E-state index contributed by atoms with van der Waals surface area (Å²) in [4.78, 5) is 11.1. The summed E-state index contributed by atoms with van der Waals surface area (Å²) >= 11 is 0. The normalized spacial score (nSPS) is 19.1. The predicted molar refractivity (Wildman–Crippen MR) is 47.5 cm³/mol. The van der Waals surface area contributed by atoms with Crippen molar-refractivity contribution in [3.63, 3.8) is 0 Å². The molecule has 69 valence electrons. The summed E-state index contributed by atoms with van der Waals surface area (Å²) in [6, 6.07) is 0. The molecule has 1 aliphatic heterocycles. The predicted octanol–water partition coefficient (Wildman–Crippen LogP) is 1.32. The van der Waals surface area contributed by atoms with Crippen LogP contribution in [-0.2, 0) is 4.79 Å². The molecule has 0 atom stereocenters. The molecule has 1 fully saturated rings. The van der Waals surface area contributed by atoms with E-state index in [4.69, 9.17) is 0 Å². The standard InChI is InChI=1S/C9H17N2O/c1-2-6-9(12)10-11-7-4-3-5-8-11/h2-8H2,1H3. The van der Waals surface area contributed by atoms with E-state index >= 15 is 0 Å². The maximum Gasteiger partial charge on any atom is 0.257 e. The van der Waals surface area contributed by atoms with Gasteiger partial charge in [0.2, 0.25) is 0 Å². The molecule has 1 aliphatic rings. The van der Waals surface area contributed by atoms with Crippen LogP contribution < -0.4 is 5.43 Å². The molecular formula is C9H17N2O. The number of hydrogen-bond donors (Lipinski definition) is 0. The number of carbonyl (C=O) groups is 1. The van der Waals surface area contributed by atoms with Crippen molar-refractivity contribution in [1.82, 2.24) is 10.4 Å². The van der Waals surface area contributed by atoms with Crippen LogP contribution in [0.4, 0.5) is 0 Å². The molecule has 1 amide bonds. The number of hydrogen-bond acceptors (Lipinski definition) is 2. The van der Waals surface area contributed by atoms with Crippen LogP contribution in [0, 0.1) is 0 Å². The van der Waals surface area contributed by atoms with Crippen LogP contribution in [-0.4, -0.2) is 24.0 Å². The summed E-state index contributed by atoms with van der Waals surface area (Å²) in [5.41, 5.74) is 4.02. The largest absolute Gasteiger partial charge is 0.271 e. The molecule has 0 aromatic carbocycles. The molecule has 12 heavy (non-hydrogen) atoms. The number of rotatable bonds is 3. The Hall–Kier alpha value is -0.570. The van der Waals surface area contributed by atoms with Crippen molar-refractivity contribution in [3.8, 4) is 0 Å². The lowest BCUT2D eigenvalue weighted by molar-refractivity contribution is -0.127. The smallest absolute Gasteiger partial charge is 0.257 e. The van der Waals surface area contributed by atoms with E-state index in [2.05, 4.69) is 5.43 Å². The van der Waals surface area contributed by atoms with Crippen LogP contribution in [0.5, 0.6) is 0 Å². The lowest BCUT2D eigenvalue weighted by Crippen LogP contribution is -2.39. The minimum absolute atomic E-state index is 0.0411. The molecule has 0 unspecified atom stereocenters. The van der Waals surface area contributed by atoms with Crippen LogP contribution in [0.2, 0.25) is 0 Å². The fraction of sp³-hybridized carbons (Fsp3) is 0.889. The first-order chi connectivity index (χ1) is 5.83. The quantitative estimate of drug-likeness (QED) is 0.638. The lowest BCUT2D eigenvalue weighted by Gasteiger charge is -2.23. The van der Waals surface area contributed by atoms with Crippen molar-refractivity contribution < 1.29 is 4.79 Å². The number of nitrogens with zero attached hydrogens (tertiary/aromatic N) is 2. The molecule has 0 aromatic rings. The van der Waals surface area contributed by atoms with Crippen molar-refractivity contribution >= 4 is 5.91 Å². The van der Waals surface area contributed by atoms with Gasteiger partial charge in [0.1, 0.15) is 0 Å². The second-order valence-electron chi connectivity index (χ2n) is 3.26. The zero-order valence-corrected chi connectivity index (χ0v) is 7.75. The van der Waals surface area contributed by atoms with Crippen molar-refractivity contribution in [1.29, 1.82) is 0 Å². The highest BCUT2D eigenvalue weighted by molar-refractivity contribution is 5.74. The first-order valence-electron chi connectivity index (χ1n) is 4.82. The van der Waals surface area contributed by atoms with Gasteiger partial charge in [-0.2, -0.15) is 10.4 Å². The fourth-order valence-electron chi connectivity index (χ4n) is 1.40. The van der Waals surface area contributed by atoms with E-state index in [1.54, 1.807) is 0 Å². The van der Waals surface area contributed by atoms with Crippen LogP contribution in [0.3, 0.4) is 0 Å². The van der Waals surface area contributed by atoms with E-state index in [-0.39, 0.29) is 5.91 Å². The van der Waals surface area contributed by atoms with Gasteiger partial charge in [-0.1, -0.05) is 13.3 Å². The Labute approximate surface area is 74.1 Å². The maximum absolute atomic E-state index is 11.1. The molecule has 0 N–H and O–H groups in total.